The number of nitrogens with two attached hydrogens (primary N) is 1. The van der Waals surface area contributed by atoms with Crippen molar-refractivity contribution < 1.29 is 14.3 Å². The molecular weight excluding hydrogens is 198 g/mol. The summed E-state index contributed by atoms with van der Waals surface area (Å²) in [5.41, 5.74) is 4.91. The van der Waals surface area contributed by atoms with Crippen LogP contribution in [0.1, 0.15) is 31.3 Å². The molecule has 1 rings (SSSR count). The molecule has 0 unspecified atom stereocenters. The second-order valence-electron chi connectivity index (χ2n) is 3.99. The van der Waals surface area contributed by atoms with Gasteiger partial charge >= 0.3 is 6.09 Å². The maximum absolute atomic E-state index is 11.5. The zero-order valence-corrected chi connectivity index (χ0v) is 8.85. The quantitative estimate of drug-likeness (QED) is 0.702. The number of hydrogen-bond acceptors (Lipinski definition) is 5. The van der Waals surface area contributed by atoms with Gasteiger partial charge in [-0.15, -0.1) is 0 Å². The van der Waals surface area contributed by atoms with Crippen LogP contribution < -0.4 is 5.73 Å². The first-order valence-electron chi connectivity index (χ1n) is 4.37. The lowest BCUT2D eigenvalue weighted by atomic mass is 10.2. The summed E-state index contributed by atoms with van der Waals surface area (Å²) in [5.74, 6) is -0.0636. The highest BCUT2D eigenvalue weighted by Crippen LogP contribution is 2.11. The minimum atomic E-state index is -0.652. The third kappa shape index (κ3) is 2.80. The van der Waals surface area contributed by atoms with Crippen molar-refractivity contribution in [1.82, 2.24) is 9.55 Å². The van der Waals surface area contributed by atoms with E-state index >= 15 is 0 Å². The fraction of sp³-hybridized carbons (Fsp3) is 0.444. The number of carbonyl (C=O) groups is 2. The van der Waals surface area contributed by atoms with Crippen molar-refractivity contribution >= 4 is 18.3 Å². The van der Waals surface area contributed by atoms with Gasteiger partial charge in [0, 0.05) is 6.20 Å². The van der Waals surface area contributed by atoms with Gasteiger partial charge < -0.3 is 10.5 Å². The number of nitrogen functional groups attached to an aromatic ring is 1. The molecule has 0 aliphatic carbocycles. The number of anilines is 1. The van der Waals surface area contributed by atoms with Crippen molar-refractivity contribution in [2.45, 2.75) is 26.4 Å². The third-order valence-electron chi connectivity index (χ3n) is 1.46. The molecule has 0 saturated carbocycles. The van der Waals surface area contributed by atoms with Crippen LogP contribution >= 0.6 is 0 Å². The van der Waals surface area contributed by atoms with Gasteiger partial charge in [-0.25, -0.2) is 14.3 Å². The first kappa shape index (κ1) is 11.2. The Hall–Kier alpha value is -1.85. The monoisotopic (exact) mass is 211 g/mol. The van der Waals surface area contributed by atoms with Gasteiger partial charge in [0.1, 0.15) is 11.3 Å². The average molecular weight is 211 g/mol. The van der Waals surface area contributed by atoms with Crippen LogP contribution in [-0.2, 0) is 4.74 Å². The molecule has 15 heavy (non-hydrogen) atoms. The van der Waals surface area contributed by atoms with Gasteiger partial charge in [-0.2, -0.15) is 0 Å². The molecule has 6 heteroatoms. The summed E-state index contributed by atoms with van der Waals surface area (Å²) in [6.07, 6.45) is 1.09. The van der Waals surface area contributed by atoms with E-state index in [2.05, 4.69) is 4.98 Å². The Bertz CT molecular complexity index is 390. The number of ether oxygens (including phenoxy) is 1. The summed E-state index contributed by atoms with van der Waals surface area (Å²) in [5, 5.41) is 0. The molecule has 0 aromatic carbocycles. The second-order valence-corrected chi connectivity index (χ2v) is 3.99. The van der Waals surface area contributed by atoms with Crippen LogP contribution in [0.3, 0.4) is 0 Å². The van der Waals surface area contributed by atoms with Crippen LogP contribution in [0.15, 0.2) is 6.20 Å². The first-order chi connectivity index (χ1) is 6.83. The summed E-state index contributed by atoms with van der Waals surface area (Å²) in [6.45, 7) is 5.20. The molecule has 0 aliphatic rings. The van der Waals surface area contributed by atoms with E-state index in [9.17, 15) is 9.59 Å². The molecule has 0 spiro atoms. The zero-order chi connectivity index (χ0) is 11.6. The van der Waals surface area contributed by atoms with Crippen LogP contribution in [0.4, 0.5) is 10.7 Å². The van der Waals surface area contributed by atoms with Gasteiger partial charge in [0.25, 0.3) is 0 Å². The van der Waals surface area contributed by atoms with E-state index in [1.54, 1.807) is 20.8 Å². The van der Waals surface area contributed by atoms with Gasteiger partial charge in [-0.3, -0.25) is 4.79 Å². The molecule has 1 aromatic rings. The Morgan fingerprint density at radius 2 is 2.20 bits per heavy atom. The highest BCUT2D eigenvalue weighted by molar-refractivity contribution is 5.79. The lowest BCUT2D eigenvalue weighted by Gasteiger charge is -2.19. The van der Waals surface area contributed by atoms with Gasteiger partial charge in [0.05, 0.1) is 0 Å². The summed E-state index contributed by atoms with van der Waals surface area (Å²) < 4.78 is 6.05. The molecule has 6 nitrogen and oxygen atoms in total. The SMILES string of the molecule is CC(C)(C)OC(=O)n1cc(C=O)nc1N. The van der Waals surface area contributed by atoms with Crippen LogP contribution in [0.25, 0.3) is 0 Å². The maximum atomic E-state index is 11.5. The normalized spacial score (nSPS) is 11.1. The topological polar surface area (TPSA) is 87.2 Å². The number of hydrogen-bond donors (Lipinski definition) is 1. The molecule has 0 saturated heterocycles. The van der Waals surface area contributed by atoms with Gasteiger partial charge in [-0.1, -0.05) is 0 Å². The number of nitrogens with zero attached hydrogens (tertiary/aromatic N) is 2. The van der Waals surface area contributed by atoms with Crippen molar-refractivity contribution in [3.63, 3.8) is 0 Å². The minimum absolute atomic E-state index is 0.0636. The molecule has 0 atom stereocenters. The minimum Gasteiger partial charge on any atom is -0.443 e. The smallest absolute Gasteiger partial charge is 0.421 e. The van der Waals surface area contributed by atoms with Crippen molar-refractivity contribution in [2.24, 2.45) is 0 Å². The zero-order valence-electron chi connectivity index (χ0n) is 8.85. The van der Waals surface area contributed by atoms with Crippen LogP contribution in [0, 0.1) is 0 Å². The molecule has 2 N–H and O–H groups in total. The number of rotatable bonds is 1. The molecule has 82 valence electrons. The average Bonchev–Trinajstić information content (AvgIpc) is 2.43. The predicted octanol–water partition coefficient (Wildman–Crippen LogP) is 1.06. The highest BCUT2D eigenvalue weighted by Gasteiger charge is 2.20. The number of carbonyl (C=O) groups excluding carboxylic acids is 2. The number of aldehydes is 1. The van der Waals surface area contributed by atoms with E-state index in [0.29, 0.717) is 6.29 Å². The summed E-state index contributed by atoms with van der Waals surface area (Å²) in [7, 11) is 0. The lowest BCUT2D eigenvalue weighted by molar-refractivity contribution is 0.0540. The predicted molar refractivity (Wildman–Crippen MR) is 53.7 cm³/mol. The molecular formula is C9H13N3O3. The summed E-state index contributed by atoms with van der Waals surface area (Å²) >= 11 is 0. The molecule has 0 radical (unpaired) electrons. The van der Waals surface area contributed by atoms with E-state index in [0.717, 1.165) is 4.57 Å². The van der Waals surface area contributed by atoms with E-state index < -0.39 is 11.7 Å². The molecule has 0 bridgehead atoms. The Morgan fingerprint density at radius 1 is 1.60 bits per heavy atom. The standard InChI is InChI=1S/C9H13N3O3/c1-9(2,3)15-8(14)12-4-6(5-13)11-7(12)10/h4-5H,1-3H3,(H2,10,11). The van der Waals surface area contributed by atoms with Crippen LogP contribution in [-0.4, -0.2) is 27.5 Å². The maximum Gasteiger partial charge on any atom is 0.421 e. The molecule has 0 amide bonds. The van der Waals surface area contributed by atoms with Gasteiger partial charge in [-0.05, 0) is 20.8 Å². The summed E-state index contributed by atoms with van der Waals surface area (Å²) in [4.78, 5) is 25.6. The Morgan fingerprint density at radius 3 is 2.60 bits per heavy atom. The fourth-order valence-corrected chi connectivity index (χ4v) is 0.928. The summed E-state index contributed by atoms with van der Waals surface area (Å²) in [6, 6.07) is 0. The van der Waals surface area contributed by atoms with Crippen LogP contribution in [0.2, 0.25) is 0 Å². The molecule has 0 fully saturated rings. The van der Waals surface area contributed by atoms with Crippen molar-refractivity contribution in [1.29, 1.82) is 0 Å². The van der Waals surface area contributed by atoms with E-state index in [1.807, 2.05) is 0 Å². The van der Waals surface area contributed by atoms with Crippen molar-refractivity contribution in [3.05, 3.63) is 11.9 Å². The van der Waals surface area contributed by atoms with Crippen LogP contribution in [0.5, 0.6) is 0 Å². The van der Waals surface area contributed by atoms with E-state index in [1.165, 1.54) is 6.20 Å². The molecule has 1 aromatic heterocycles. The van der Waals surface area contributed by atoms with Crippen molar-refractivity contribution in [3.8, 4) is 0 Å². The Balaban J connectivity index is 2.91. The van der Waals surface area contributed by atoms with E-state index in [-0.39, 0.29) is 11.6 Å². The molecule has 0 aliphatic heterocycles. The van der Waals surface area contributed by atoms with Gasteiger partial charge in [0.15, 0.2) is 6.29 Å². The largest absolute Gasteiger partial charge is 0.443 e. The second kappa shape index (κ2) is 3.72. The Labute approximate surface area is 87.0 Å². The number of imidazole rings is 1. The molecule has 1 heterocycles. The lowest BCUT2D eigenvalue weighted by Crippen LogP contribution is -2.27. The van der Waals surface area contributed by atoms with Crippen molar-refractivity contribution in [2.75, 3.05) is 5.73 Å². The number of aromatic nitrogens is 2. The third-order valence-corrected chi connectivity index (χ3v) is 1.46. The first-order valence-corrected chi connectivity index (χ1v) is 4.37. The highest BCUT2D eigenvalue weighted by atomic mass is 16.6. The van der Waals surface area contributed by atoms with E-state index in [4.69, 9.17) is 10.5 Å². The fourth-order valence-electron chi connectivity index (χ4n) is 0.928. The van der Waals surface area contributed by atoms with Gasteiger partial charge in [0.2, 0.25) is 5.95 Å². The Kier molecular flexibility index (Phi) is 2.78.